The molecule has 3 heterocycles. The van der Waals surface area contributed by atoms with Crippen molar-refractivity contribution in [3.05, 3.63) is 23.8 Å². The van der Waals surface area contributed by atoms with Gasteiger partial charge in [-0.2, -0.15) is 0 Å². The number of benzene rings is 1. The second-order valence-electron chi connectivity index (χ2n) is 13.1. The maximum Gasteiger partial charge on any atom is 0.511 e. The lowest BCUT2D eigenvalue weighted by Crippen LogP contribution is -2.64. The molecule has 2 fully saturated rings. The zero-order chi connectivity index (χ0) is 34.2. The molecule has 0 aromatic heterocycles. The van der Waals surface area contributed by atoms with Crippen molar-refractivity contribution in [1.82, 2.24) is 4.90 Å². The summed E-state index contributed by atoms with van der Waals surface area (Å²) in [4.78, 5) is 37.6. The number of alkyl halides is 1. The predicted octanol–water partition coefficient (Wildman–Crippen LogP) is 6.95. The van der Waals surface area contributed by atoms with Crippen molar-refractivity contribution in [2.75, 3.05) is 12.5 Å². The summed E-state index contributed by atoms with van der Waals surface area (Å²) in [7, 11) is 0. The molecule has 0 saturated carbocycles. The molecule has 4 rings (SSSR count). The molecule has 13 heteroatoms. The number of carbonyl (C=O) groups excluding carboxylic acids is 3. The summed E-state index contributed by atoms with van der Waals surface area (Å²) in [5, 5.41) is -0.685. The van der Waals surface area contributed by atoms with Crippen molar-refractivity contribution < 1.29 is 42.6 Å². The molecule has 0 radical (unpaired) electrons. The van der Waals surface area contributed by atoms with Crippen molar-refractivity contribution in [1.29, 1.82) is 0 Å². The second kappa shape index (κ2) is 16.9. The van der Waals surface area contributed by atoms with E-state index in [1.54, 1.807) is 13.8 Å². The average Bonchev–Trinajstić information content (AvgIpc) is 3.53. The topological polar surface area (TPSA) is 124 Å². The number of halogens is 1. The Balaban J connectivity index is 0.000000251. The normalized spacial score (nSPS) is 22.3. The van der Waals surface area contributed by atoms with Crippen molar-refractivity contribution in [2.24, 2.45) is 0 Å². The van der Waals surface area contributed by atoms with Gasteiger partial charge in [0.25, 0.3) is 5.79 Å². The third-order valence-corrected chi connectivity index (χ3v) is 11.6. The van der Waals surface area contributed by atoms with Crippen LogP contribution < -0.4 is 9.47 Å². The Hall–Kier alpha value is -2.02. The molecule has 46 heavy (non-hydrogen) atoms. The Morgan fingerprint density at radius 1 is 1.11 bits per heavy atom. The Bertz CT molecular complexity index is 1200. The van der Waals surface area contributed by atoms with Crippen LogP contribution in [0.5, 0.6) is 11.5 Å². The van der Waals surface area contributed by atoms with Crippen molar-refractivity contribution in [3.8, 4) is 11.5 Å². The highest BCUT2D eigenvalue weighted by Crippen LogP contribution is 2.52. The lowest BCUT2D eigenvalue weighted by molar-refractivity contribution is -0.208. The van der Waals surface area contributed by atoms with Crippen molar-refractivity contribution in [2.45, 2.75) is 139 Å². The van der Waals surface area contributed by atoms with E-state index < -0.39 is 45.3 Å². The number of rotatable bonds is 14. The van der Waals surface area contributed by atoms with Crippen LogP contribution in [-0.2, 0) is 41.4 Å². The number of hydrogen-bond donors (Lipinski definition) is 0. The lowest BCUT2D eigenvalue weighted by atomic mass is 9.98. The molecule has 260 valence electrons. The molecule has 0 bridgehead atoms. The number of ether oxygens (including phenoxy) is 5. The van der Waals surface area contributed by atoms with E-state index in [0.717, 1.165) is 30.1 Å². The summed E-state index contributed by atoms with van der Waals surface area (Å²) in [5.41, 5.74) is 1.17. The number of carbonyl (C=O) groups is 3. The van der Waals surface area contributed by atoms with Gasteiger partial charge >= 0.3 is 12.1 Å². The molecule has 1 aromatic rings. The third kappa shape index (κ3) is 10.5. The third-order valence-electron chi connectivity index (χ3n) is 7.71. The molecule has 0 N–H and O–H groups in total. The molecular weight excluding hydrogens is 654 g/mol. The zero-order valence-corrected chi connectivity index (χ0v) is 30.7. The largest absolute Gasteiger partial charge is 0.616 e. The van der Waals surface area contributed by atoms with E-state index in [1.165, 1.54) is 68.2 Å². The van der Waals surface area contributed by atoms with Crippen LogP contribution in [0, 0.1) is 0 Å². The van der Waals surface area contributed by atoms with Crippen LogP contribution in [0.25, 0.3) is 0 Å². The number of unbranched alkanes of at least 4 members (excludes halogenated alkanes) is 5. The summed E-state index contributed by atoms with van der Waals surface area (Å²) >= 11 is 6.71. The first-order valence-corrected chi connectivity index (χ1v) is 18.8. The van der Waals surface area contributed by atoms with Gasteiger partial charge in [0.2, 0.25) is 12.7 Å². The molecule has 2 saturated heterocycles. The fourth-order valence-electron chi connectivity index (χ4n) is 5.40. The predicted molar refractivity (Wildman–Crippen MR) is 181 cm³/mol. The van der Waals surface area contributed by atoms with Gasteiger partial charge in [0.1, 0.15) is 27.8 Å². The fourth-order valence-corrected chi connectivity index (χ4v) is 8.60. The number of esters is 1. The maximum absolute atomic E-state index is 12.6. The smallest absolute Gasteiger partial charge is 0.511 e. The summed E-state index contributed by atoms with van der Waals surface area (Å²) in [6, 6.07) is 5.22. The van der Waals surface area contributed by atoms with E-state index in [1.807, 2.05) is 32.0 Å². The van der Waals surface area contributed by atoms with Gasteiger partial charge in [0.15, 0.2) is 11.5 Å². The minimum Gasteiger partial charge on any atom is -0.616 e. The first-order valence-electron chi connectivity index (χ1n) is 16.1. The molecule has 10 nitrogen and oxygen atoms in total. The second-order valence-corrected chi connectivity index (χ2v) is 17.3. The first-order chi connectivity index (χ1) is 21.6. The van der Waals surface area contributed by atoms with E-state index in [-0.39, 0.29) is 22.6 Å². The molecule has 5 atom stereocenters. The highest BCUT2D eigenvalue weighted by Gasteiger charge is 2.64. The molecule has 2 unspecified atom stereocenters. The Morgan fingerprint density at radius 2 is 1.76 bits per heavy atom. The number of amides is 1. The van der Waals surface area contributed by atoms with Crippen molar-refractivity contribution in [3.63, 3.8) is 0 Å². The molecule has 3 aliphatic rings. The number of β-lactam (4-membered cyclic amide) rings is 1. The van der Waals surface area contributed by atoms with Gasteiger partial charge in [-0.05, 0) is 65.2 Å². The number of thioether (sulfide) groups is 1. The van der Waals surface area contributed by atoms with Crippen LogP contribution in [0.1, 0.15) is 99.5 Å². The summed E-state index contributed by atoms with van der Waals surface area (Å²) in [5.74, 6) is -0.00139. The Labute approximate surface area is 286 Å². The van der Waals surface area contributed by atoms with Gasteiger partial charge in [-0.15, -0.1) is 23.4 Å². The van der Waals surface area contributed by atoms with Gasteiger partial charge in [0, 0.05) is 25.0 Å². The number of hydrogen-bond acceptors (Lipinski definition) is 10. The summed E-state index contributed by atoms with van der Waals surface area (Å²) in [6.45, 7) is 14.5. The van der Waals surface area contributed by atoms with Gasteiger partial charge in [-0.1, -0.05) is 49.8 Å². The van der Waals surface area contributed by atoms with Crippen LogP contribution >= 0.6 is 23.4 Å². The van der Waals surface area contributed by atoms with E-state index in [4.69, 9.17) is 35.3 Å². The van der Waals surface area contributed by atoms with E-state index in [2.05, 4.69) is 13.8 Å². The summed E-state index contributed by atoms with van der Waals surface area (Å²) in [6.07, 6.45) is 7.04. The fraction of sp³-hybridized carbons (Fsp3) is 0.727. The molecule has 0 spiro atoms. The van der Waals surface area contributed by atoms with E-state index >= 15 is 0 Å². The van der Waals surface area contributed by atoms with Gasteiger partial charge < -0.3 is 33.1 Å². The molecule has 3 aliphatic heterocycles. The standard InChI is InChI=1S/C18H28O3S.C15H22ClNO6S/c1-3-4-5-6-7-8-11-22(19)15(2)12-16-9-10-17-18(13-16)21-14-20-17;1-7(2)21-13(20)23-15(5,6)22-12(19)9-14(3,4)24-11-8(16)10(18)17(9)11/h9-10,13,15H,3-8,11-12,14H2,1-2H3;7-9,11H,1-6H3/t;8-,9+,11-/m.1/s1. The molecule has 0 aliphatic carbocycles. The van der Waals surface area contributed by atoms with Gasteiger partial charge in [-0.25, -0.2) is 9.59 Å². The highest BCUT2D eigenvalue weighted by molar-refractivity contribution is 8.01. The monoisotopic (exact) mass is 703 g/mol. The maximum atomic E-state index is 12.6. The quantitative estimate of drug-likeness (QED) is 0.0502. The average molecular weight is 704 g/mol. The van der Waals surface area contributed by atoms with Crippen LogP contribution in [0.4, 0.5) is 4.79 Å². The van der Waals surface area contributed by atoms with Gasteiger partial charge in [0.05, 0.1) is 6.10 Å². The molecule has 1 amide bonds. The molecular formula is C33H50ClNO9S2. The van der Waals surface area contributed by atoms with Crippen LogP contribution in [0.3, 0.4) is 0 Å². The van der Waals surface area contributed by atoms with Crippen LogP contribution in [-0.4, -0.2) is 78.7 Å². The van der Waals surface area contributed by atoms with Gasteiger partial charge in [-0.3, -0.25) is 4.79 Å². The number of fused-ring (bicyclic) bond motifs is 2. The summed E-state index contributed by atoms with van der Waals surface area (Å²) < 4.78 is 37.7. The SMILES string of the molecule is CC(C)OC(=O)OC(C)(C)OC(=O)[C@@H]1N2C(=O)[C@@H](Cl)[C@H]2SC1(C)C.CCCCCCCC[S+]([O-])C(C)Cc1ccc2c(c1)OCO2. The highest BCUT2D eigenvalue weighted by atomic mass is 35.5. The van der Waals surface area contributed by atoms with E-state index in [0.29, 0.717) is 6.79 Å². The van der Waals surface area contributed by atoms with Crippen LogP contribution in [0.15, 0.2) is 18.2 Å². The lowest BCUT2D eigenvalue weighted by Gasteiger charge is -2.41. The Kier molecular flexibility index (Phi) is 14.1. The minimum absolute atomic E-state index is 0.191. The first kappa shape index (κ1) is 38.4. The van der Waals surface area contributed by atoms with E-state index in [9.17, 15) is 18.9 Å². The zero-order valence-electron chi connectivity index (χ0n) is 28.3. The van der Waals surface area contributed by atoms with Crippen molar-refractivity contribution >= 4 is 52.6 Å². The molecule has 1 aromatic carbocycles. The minimum atomic E-state index is -1.52. The number of nitrogens with zero attached hydrogens (tertiary/aromatic N) is 1. The Morgan fingerprint density at radius 3 is 2.43 bits per heavy atom. The van der Waals surface area contributed by atoms with Crippen LogP contribution in [0.2, 0.25) is 0 Å².